The minimum Gasteiger partial charge on any atom is -0.493 e. The normalized spacial score (nSPS) is 12.0. The van der Waals surface area contributed by atoms with Crippen molar-refractivity contribution in [3.05, 3.63) is 23.5 Å². The Hall–Kier alpha value is -1.82. The summed E-state index contributed by atoms with van der Waals surface area (Å²) >= 11 is 0. The number of carbonyl (C=O) groups is 1. The van der Waals surface area contributed by atoms with Crippen molar-refractivity contribution in [2.24, 2.45) is 5.73 Å². The number of ether oxygens (including phenoxy) is 2. The van der Waals surface area contributed by atoms with Crippen molar-refractivity contribution in [2.45, 2.75) is 25.3 Å². The molecule has 0 bridgehead atoms. The highest BCUT2D eigenvalue weighted by Crippen LogP contribution is 2.33. The lowest BCUT2D eigenvalue weighted by Crippen LogP contribution is -2.13. The maximum Gasteiger partial charge on any atom is 0.303 e. The molecule has 0 saturated heterocycles. The summed E-state index contributed by atoms with van der Waals surface area (Å²) in [5.41, 5.74) is 6.16. The summed E-state index contributed by atoms with van der Waals surface area (Å²) in [4.78, 5) is 10.4. The zero-order valence-corrected chi connectivity index (χ0v) is 11.0. The highest BCUT2D eigenvalue weighted by atomic mass is 19.1. The highest BCUT2D eigenvalue weighted by Gasteiger charge is 2.16. The highest BCUT2D eigenvalue weighted by molar-refractivity contribution is 5.66. The molecule has 0 spiro atoms. The molecule has 6 heteroatoms. The SMILES string of the molecule is COc1cc(F)c(C(N)CCCC(=O)O)cc1OC. The lowest BCUT2D eigenvalue weighted by Gasteiger charge is -2.15. The molecule has 1 rings (SSSR count). The summed E-state index contributed by atoms with van der Waals surface area (Å²) in [7, 11) is 2.87. The number of rotatable bonds is 7. The lowest BCUT2D eigenvalue weighted by atomic mass is 10.0. The van der Waals surface area contributed by atoms with Crippen LogP contribution in [0.3, 0.4) is 0 Å². The van der Waals surface area contributed by atoms with E-state index < -0.39 is 17.8 Å². The molecule has 19 heavy (non-hydrogen) atoms. The van der Waals surface area contributed by atoms with E-state index in [1.54, 1.807) is 0 Å². The molecule has 0 aromatic heterocycles. The third-order valence-electron chi connectivity index (χ3n) is 2.81. The van der Waals surface area contributed by atoms with Crippen LogP contribution < -0.4 is 15.2 Å². The molecule has 0 saturated carbocycles. The quantitative estimate of drug-likeness (QED) is 0.793. The predicted octanol–water partition coefficient (Wildman–Crippen LogP) is 2.10. The number of carboxylic acids is 1. The van der Waals surface area contributed by atoms with Gasteiger partial charge in [0.2, 0.25) is 0 Å². The van der Waals surface area contributed by atoms with Crippen molar-refractivity contribution in [3.63, 3.8) is 0 Å². The van der Waals surface area contributed by atoms with Crippen LogP contribution in [0.25, 0.3) is 0 Å². The minimum atomic E-state index is -0.889. The van der Waals surface area contributed by atoms with Gasteiger partial charge in [-0.3, -0.25) is 4.79 Å². The van der Waals surface area contributed by atoms with Crippen LogP contribution in [0.5, 0.6) is 11.5 Å². The Morgan fingerprint density at radius 2 is 1.95 bits per heavy atom. The van der Waals surface area contributed by atoms with E-state index in [1.165, 1.54) is 26.4 Å². The van der Waals surface area contributed by atoms with Crippen molar-refractivity contribution in [1.82, 2.24) is 0 Å². The van der Waals surface area contributed by atoms with Crippen LogP contribution in [0, 0.1) is 5.82 Å². The Balaban J connectivity index is 2.84. The first-order valence-corrected chi connectivity index (χ1v) is 5.88. The number of benzene rings is 1. The zero-order valence-electron chi connectivity index (χ0n) is 11.0. The summed E-state index contributed by atoms with van der Waals surface area (Å²) in [6.45, 7) is 0. The van der Waals surface area contributed by atoms with Crippen molar-refractivity contribution in [1.29, 1.82) is 0 Å². The van der Waals surface area contributed by atoms with Gasteiger partial charge in [0.1, 0.15) is 5.82 Å². The molecule has 1 aromatic rings. The van der Waals surface area contributed by atoms with Gasteiger partial charge < -0.3 is 20.3 Å². The second-order valence-corrected chi connectivity index (χ2v) is 4.12. The topological polar surface area (TPSA) is 81.8 Å². The van der Waals surface area contributed by atoms with E-state index >= 15 is 0 Å². The monoisotopic (exact) mass is 271 g/mol. The molecule has 3 N–H and O–H groups in total. The van der Waals surface area contributed by atoms with Crippen LogP contribution in [0.1, 0.15) is 30.9 Å². The Morgan fingerprint density at radius 1 is 1.37 bits per heavy atom. The molecular weight excluding hydrogens is 253 g/mol. The van der Waals surface area contributed by atoms with Gasteiger partial charge in [-0.05, 0) is 18.9 Å². The molecule has 106 valence electrons. The Bertz CT molecular complexity index is 451. The smallest absolute Gasteiger partial charge is 0.303 e. The first-order valence-electron chi connectivity index (χ1n) is 5.88. The van der Waals surface area contributed by atoms with Crippen LogP contribution in [0.15, 0.2) is 12.1 Å². The summed E-state index contributed by atoms with van der Waals surface area (Å²) in [6.07, 6.45) is 0.797. The van der Waals surface area contributed by atoms with Gasteiger partial charge in [-0.25, -0.2) is 4.39 Å². The molecule has 0 aliphatic heterocycles. The standard InChI is InChI=1S/C13H18FNO4/c1-18-11-6-8(9(14)7-12(11)19-2)10(15)4-3-5-13(16)17/h6-7,10H,3-5,15H2,1-2H3,(H,16,17). The minimum absolute atomic E-state index is 0.0165. The number of hydrogen-bond acceptors (Lipinski definition) is 4. The third kappa shape index (κ3) is 4.10. The van der Waals surface area contributed by atoms with Crippen molar-refractivity contribution in [2.75, 3.05) is 14.2 Å². The van der Waals surface area contributed by atoms with E-state index in [9.17, 15) is 9.18 Å². The van der Waals surface area contributed by atoms with Gasteiger partial charge in [0.25, 0.3) is 0 Å². The maximum atomic E-state index is 13.9. The van der Waals surface area contributed by atoms with Crippen LogP contribution in [-0.4, -0.2) is 25.3 Å². The first kappa shape index (κ1) is 15.2. The lowest BCUT2D eigenvalue weighted by molar-refractivity contribution is -0.137. The number of aliphatic carboxylic acids is 1. The van der Waals surface area contributed by atoms with Gasteiger partial charge in [-0.1, -0.05) is 0 Å². The van der Waals surface area contributed by atoms with Gasteiger partial charge in [0.15, 0.2) is 11.5 Å². The fourth-order valence-corrected chi connectivity index (χ4v) is 1.78. The Kier molecular flexibility index (Phi) is 5.57. The average Bonchev–Trinajstić information content (AvgIpc) is 2.37. The number of nitrogens with two attached hydrogens (primary N) is 1. The summed E-state index contributed by atoms with van der Waals surface area (Å²) in [5, 5.41) is 8.55. The van der Waals surface area contributed by atoms with E-state index in [0.29, 0.717) is 29.9 Å². The molecule has 1 atom stereocenters. The molecule has 1 unspecified atom stereocenters. The maximum absolute atomic E-state index is 13.9. The van der Waals surface area contributed by atoms with E-state index in [0.717, 1.165) is 0 Å². The van der Waals surface area contributed by atoms with E-state index in [1.807, 2.05) is 0 Å². The van der Waals surface area contributed by atoms with Crippen LogP contribution in [0.4, 0.5) is 4.39 Å². The van der Waals surface area contributed by atoms with E-state index in [4.69, 9.17) is 20.3 Å². The second kappa shape index (κ2) is 6.94. The van der Waals surface area contributed by atoms with Crippen LogP contribution in [0.2, 0.25) is 0 Å². The van der Waals surface area contributed by atoms with Crippen molar-refractivity contribution < 1.29 is 23.8 Å². The molecule has 0 amide bonds. The van der Waals surface area contributed by atoms with Crippen LogP contribution in [-0.2, 0) is 4.79 Å². The Morgan fingerprint density at radius 3 is 2.47 bits per heavy atom. The molecule has 0 aliphatic carbocycles. The Labute approximate surface area is 111 Å². The fraction of sp³-hybridized carbons (Fsp3) is 0.462. The number of halogens is 1. The molecule has 0 heterocycles. The summed E-state index contributed by atoms with van der Waals surface area (Å²) in [6, 6.07) is 2.13. The van der Waals surface area contributed by atoms with Crippen molar-refractivity contribution >= 4 is 5.97 Å². The predicted molar refractivity (Wildman–Crippen MR) is 67.9 cm³/mol. The molecule has 0 radical (unpaired) electrons. The zero-order chi connectivity index (χ0) is 14.4. The van der Waals surface area contributed by atoms with Gasteiger partial charge in [-0.15, -0.1) is 0 Å². The van der Waals surface area contributed by atoms with E-state index in [-0.39, 0.29) is 6.42 Å². The summed E-state index contributed by atoms with van der Waals surface area (Å²) < 4.78 is 23.9. The van der Waals surface area contributed by atoms with Gasteiger partial charge in [0.05, 0.1) is 14.2 Å². The van der Waals surface area contributed by atoms with Gasteiger partial charge in [-0.2, -0.15) is 0 Å². The third-order valence-corrected chi connectivity index (χ3v) is 2.81. The van der Waals surface area contributed by atoms with E-state index in [2.05, 4.69) is 0 Å². The molecular formula is C13H18FNO4. The molecule has 0 aliphatic rings. The summed E-state index contributed by atoms with van der Waals surface area (Å²) in [5.74, 6) is -0.686. The largest absolute Gasteiger partial charge is 0.493 e. The number of hydrogen-bond donors (Lipinski definition) is 2. The average molecular weight is 271 g/mol. The number of carboxylic acid groups (broad SMARTS) is 1. The van der Waals surface area contributed by atoms with Crippen molar-refractivity contribution in [3.8, 4) is 11.5 Å². The molecule has 0 fully saturated rings. The number of methoxy groups -OCH3 is 2. The van der Waals surface area contributed by atoms with Gasteiger partial charge in [0, 0.05) is 24.1 Å². The second-order valence-electron chi connectivity index (χ2n) is 4.12. The first-order chi connectivity index (χ1) is 8.99. The molecule has 5 nitrogen and oxygen atoms in total. The fourth-order valence-electron chi connectivity index (χ4n) is 1.78. The molecule has 1 aromatic carbocycles. The van der Waals surface area contributed by atoms with Gasteiger partial charge >= 0.3 is 5.97 Å². The van der Waals surface area contributed by atoms with Crippen LogP contribution >= 0.6 is 0 Å².